The summed E-state index contributed by atoms with van der Waals surface area (Å²) in [7, 11) is -0.154. The first-order valence-electron chi connectivity index (χ1n) is 6.26. The van der Waals surface area contributed by atoms with E-state index in [1.807, 2.05) is 0 Å². The van der Waals surface area contributed by atoms with Gasteiger partial charge < -0.3 is 11.6 Å². The Kier molecular flexibility index (Phi) is 10.1. The molecule has 1 aromatic rings. The summed E-state index contributed by atoms with van der Waals surface area (Å²) in [6.07, 6.45) is 2.72. The first kappa shape index (κ1) is 21.9. The minimum atomic E-state index is -0.154. The molecule has 0 bridgehead atoms. The van der Waals surface area contributed by atoms with Crippen molar-refractivity contribution in [2.45, 2.75) is 58.8 Å². The van der Waals surface area contributed by atoms with Crippen LogP contribution in [-0.4, -0.2) is 10.3 Å². The molecule has 0 aromatic heterocycles. The van der Waals surface area contributed by atoms with E-state index in [1.54, 1.807) is 0 Å². The minimum Gasteiger partial charge on any atom is -0.352 e. The summed E-state index contributed by atoms with van der Waals surface area (Å²) >= 11 is 4.39. The topological polar surface area (TPSA) is 0 Å². The van der Waals surface area contributed by atoms with Crippen LogP contribution in [0.3, 0.4) is 0 Å². The summed E-state index contributed by atoms with van der Waals surface area (Å²) in [5.41, 5.74) is 1.37. The second-order valence-electron chi connectivity index (χ2n) is 6.52. The molecule has 0 aliphatic carbocycles. The molecule has 0 aliphatic heterocycles. The third-order valence-electron chi connectivity index (χ3n) is 2.60. The second kappa shape index (κ2) is 8.79. The normalized spacial score (nSPS) is 11.5. The zero-order chi connectivity index (χ0) is 14.6. The maximum absolute atomic E-state index is 4.39. The first-order valence-corrected chi connectivity index (χ1v) is 8.14. The van der Waals surface area contributed by atoms with Gasteiger partial charge in [-0.3, -0.25) is 6.38 Å². The molecule has 0 radical (unpaired) electrons. The quantitative estimate of drug-likeness (QED) is 0.326. The van der Waals surface area contributed by atoms with Crippen LogP contribution < -0.4 is 5.30 Å². The average Bonchev–Trinajstić information content (AvgIpc) is 2.16. The molecule has 0 saturated carbocycles. The Balaban J connectivity index is 0. The molecule has 0 amide bonds. The van der Waals surface area contributed by atoms with Crippen molar-refractivity contribution < 1.29 is 20.4 Å². The molecule has 19 heavy (non-hydrogen) atoms. The molecule has 0 aliphatic rings. The molecule has 114 valence electrons. The molecule has 0 heterocycles. The van der Waals surface area contributed by atoms with Crippen LogP contribution in [0, 0.1) is 13.3 Å². The summed E-state index contributed by atoms with van der Waals surface area (Å²) < 4.78 is 0. The van der Waals surface area contributed by atoms with Crippen LogP contribution in [0.25, 0.3) is 0 Å². The van der Waals surface area contributed by atoms with E-state index in [1.165, 1.54) is 10.9 Å². The number of aryl methyl sites for hydroxylation is 1. The van der Waals surface area contributed by atoms with Gasteiger partial charge in [0.15, 0.2) is 0 Å². The van der Waals surface area contributed by atoms with Crippen LogP contribution >= 0.6 is 19.5 Å². The Bertz CT molecular complexity index is 350. The second-order valence-corrected chi connectivity index (χ2v) is 10.4. The summed E-state index contributed by atoms with van der Waals surface area (Å²) in [6.45, 7) is 16.4. The standard InChI is InChI=1S/C15H25P.CH2Cl.Pd/c1-12-9-8-10-13(11-12)16(14(2,3)4)15(5,6)7;1-2;/h8-11H,1-7H3;1H2;/q;-1;. The van der Waals surface area contributed by atoms with Crippen molar-refractivity contribution in [3.8, 4) is 0 Å². The van der Waals surface area contributed by atoms with Crippen LogP contribution in [0.2, 0.25) is 0 Å². The summed E-state index contributed by atoms with van der Waals surface area (Å²) in [4.78, 5) is 0. The van der Waals surface area contributed by atoms with Gasteiger partial charge in [0.1, 0.15) is 0 Å². The molecule has 0 atom stereocenters. The molecule has 0 N–H and O–H groups in total. The fraction of sp³-hybridized carbons (Fsp3) is 0.562. The van der Waals surface area contributed by atoms with Crippen molar-refractivity contribution in [2.24, 2.45) is 0 Å². The van der Waals surface area contributed by atoms with Gasteiger partial charge in [-0.15, -0.1) is 0 Å². The van der Waals surface area contributed by atoms with Crippen LogP contribution in [-0.2, 0) is 20.4 Å². The van der Waals surface area contributed by atoms with E-state index in [4.69, 9.17) is 0 Å². The monoisotopic (exact) mass is 391 g/mol. The SMILES string of the molecule is Cc1cccc(P(C(C)(C)C)C(C)(C)C)c1.[CH2-]Cl.[Pd]. The van der Waals surface area contributed by atoms with Crippen LogP contribution in [0.4, 0.5) is 0 Å². The molecular formula is C16H27ClPPd-. The van der Waals surface area contributed by atoms with Crippen LogP contribution in [0.1, 0.15) is 47.1 Å². The molecule has 0 spiro atoms. The van der Waals surface area contributed by atoms with Gasteiger partial charge in [0.25, 0.3) is 0 Å². The summed E-state index contributed by atoms with van der Waals surface area (Å²) in [5, 5.41) is 2.26. The zero-order valence-electron chi connectivity index (χ0n) is 13.2. The molecule has 3 heteroatoms. The van der Waals surface area contributed by atoms with Gasteiger partial charge in [-0.05, 0) is 22.5 Å². The predicted molar refractivity (Wildman–Crippen MR) is 88.4 cm³/mol. The van der Waals surface area contributed by atoms with E-state index in [-0.39, 0.29) is 28.3 Å². The van der Waals surface area contributed by atoms with Crippen LogP contribution in [0.5, 0.6) is 0 Å². The number of hydrogen-bond acceptors (Lipinski definition) is 0. The number of rotatable bonds is 1. The third kappa shape index (κ3) is 7.25. The summed E-state index contributed by atoms with van der Waals surface area (Å²) in [6, 6.07) is 9.04. The van der Waals surface area contributed by atoms with Gasteiger partial charge in [-0.25, -0.2) is 0 Å². The summed E-state index contributed by atoms with van der Waals surface area (Å²) in [5.74, 6) is 0. The molecule has 0 saturated heterocycles. The largest absolute Gasteiger partial charge is 0.352 e. The fourth-order valence-corrected chi connectivity index (χ4v) is 6.68. The van der Waals surface area contributed by atoms with E-state index in [9.17, 15) is 0 Å². The predicted octanol–water partition coefficient (Wildman–Crippen LogP) is 5.71. The Morgan fingerprint density at radius 3 is 1.68 bits per heavy atom. The Labute approximate surface area is 140 Å². The van der Waals surface area contributed by atoms with E-state index in [0.29, 0.717) is 10.3 Å². The third-order valence-corrected chi connectivity index (χ3v) is 6.08. The maximum atomic E-state index is 4.39. The molecule has 0 fully saturated rings. The van der Waals surface area contributed by atoms with E-state index < -0.39 is 0 Å². The van der Waals surface area contributed by atoms with Crippen LogP contribution in [0.15, 0.2) is 24.3 Å². The number of benzene rings is 1. The van der Waals surface area contributed by atoms with Crippen molar-refractivity contribution in [2.75, 3.05) is 0 Å². The zero-order valence-corrected chi connectivity index (χ0v) is 16.4. The molecule has 0 unspecified atom stereocenters. The Morgan fingerprint density at radius 1 is 0.947 bits per heavy atom. The molecule has 1 rings (SSSR count). The number of halogens is 1. The van der Waals surface area contributed by atoms with E-state index >= 15 is 0 Å². The van der Waals surface area contributed by atoms with Gasteiger partial charge in [0, 0.05) is 20.4 Å². The van der Waals surface area contributed by atoms with Gasteiger partial charge in [-0.1, -0.05) is 79.3 Å². The molecule has 1 aromatic carbocycles. The first-order chi connectivity index (χ1) is 8.12. The van der Waals surface area contributed by atoms with Crippen molar-refractivity contribution in [1.29, 1.82) is 0 Å². The van der Waals surface area contributed by atoms with Crippen molar-refractivity contribution in [3.05, 3.63) is 36.2 Å². The van der Waals surface area contributed by atoms with Gasteiger partial charge in [0.2, 0.25) is 0 Å². The van der Waals surface area contributed by atoms with E-state index in [0.717, 1.165) is 0 Å². The van der Waals surface area contributed by atoms with Gasteiger partial charge in [-0.2, -0.15) is 0 Å². The fourth-order valence-electron chi connectivity index (χ4n) is 2.55. The van der Waals surface area contributed by atoms with E-state index in [2.05, 4.69) is 90.7 Å². The Morgan fingerprint density at radius 2 is 1.37 bits per heavy atom. The van der Waals surface area contributed by atoms with Crippen molar-refractivity contribution in [1.82, 2.24) is 0 Å². The minimum absolute atomic E-state index is 0. The molecular weight excluding hydrogens is 365 g/mol. The number of hydrogen-bond donors (Lipinski definition) is 0. The van der Waals surface area contributed by atoms with Crippen molar-refractivity contribution >= 4 is 24.8 Å². The Hall–Kier alpha value is 0.602. The maximum Gasteiger partial charge on any atom is 0 e. The average molecular weight is 392 g/mol. The van der Waals surface area contributed by atoms with Crippen molar-refractivity contribution in [3.63, 3.8) is 0 Å². The smallest absolute Gasteiger partial charge is 0 e. The van der Waals surface area contributed by atoms with Gasteiger partial charge >= 0.3 is 0 Å². The molecule has 0 nitrogen and oxygen atoms in total. The van der Waals surface area contributed by atoms with Gasteiger partial charge in [0.05, 0.1) is 0 Å².